The first-order chi connectivity index (χ1) is 12.9. The smallest absolute Gasteiger partial charge is 0.281 e. The second kappa shape index (κ2) is 9.54. The molecule has 0 saturated carbocycles. The van der Waals surface area contributed by atoms with Gasteiger partial charge in [0.2, 0.25) is 5.88 Å². The average Bonchev–Trinajstić information content (AvgIpc) is 2.64. The Morgan fingerprint density at radius 1 is 1.22 bits per heavy atom. The van der Waals surface area contributed by atoms with Gasteiger partial charge in [0, 0.05) is 12.1 Å². The lowest BCUT2D eigenvalue weighted by molar-refractivity contribution is 0.397. The summed E-state index contributed by atoms with van der Waals surface area (Å²) in [5, 5.41) is 28.3. The zero-order valence-corrected chi connectivity index (χ0v) is 16.7. The highest BCUT2D eigenvalue weighted by molar-refractivity contribution is 6.43. The Balaban J connectivity index is 2.49. The summed E-state index contributed by atoms with van der Waals surface area (Å²) in [6.07, 6.45) is 3.73. The number of unbranched alkanes of at least 4 members (excludes halogenated alkanes) is 3. The molecule has 0 radical (unpaired) electrons. The highest BCUT2D eigenvalue weighted by Crippen LogP contribution is 2.33. The molecule has 142 valence electrons. The monoisotopic (exact) mass is 406 g/mol. The second-order valence-corrected chi connectivity index (χ2v) is 6.86. The van der Waals surface area contributed by atoms with Gasteiger partial charge in [-0.3, -0.25) is 9.36 Å². The van der Waals surface area contributed by atoms with E-state index in [9.17, 15) is 15.2 Å². The van der Waals surface area contributed by atoms with E-state index in [-0.39, 0.29) is 27.7 Å². The van der Waals surface area contributed by atoms with Crippen LogP contribution in [0.3, 0.4) is 0 Å². The van der Waals surface area contributed by atoms with E-state index in [4.69, 9.17) is 23.2 Å². The van der Waals surface area contributed by atoms with Crippen LogP contribution in [-0.2, 0) is 6.54 Å². The van der Waals surface area contributed by atoms with Gasteiger partial charge in [-0.25, -0.2) is 0 Å². The Hall–Kier alpha value is -2.36. The molecule has 0 aliphatic rings. The van der Waals surface area contributed by atoms with Crippen molar-refractivity contribution in [2.45, 2.75) is 46.1 Å². The van der Waals surface area contributed by atoms with E-state index in [2.05, 4.69) is 17.2 Å². The van der Waals surface area contributed by atoms with Crippen molar-refractivity contribution in [1.82, 2.24) is 4.57 Å². The van der Waals surface area contributed by atoms with Crippen molar-refractivity contribution < 1.29 is 5.11 Å². The third kappa shape index (κ3) is 4.68. The molecule has 8 heteroatoms. The van der Waals surface area contributed by atoms with Crippen LogP contribution in [0, 0.1) is 18.3 Å². The van der Waals surface area contributed by atoms with E-state index in [1.165, 1.54) is 4.57 Å². The number of aromatic hydroxyl groups is 1. The fourth-order valence-corrected chi connectivity index (χ4v) is 2.97. The highest BCUT2D eigenvalue weighted by Gasteiger charge is 2.19. The molecule has 2 aromatic rings. The van der Waals surface area contributed by atoms with Gasteiger partial charge in [-0.1, -0.05) is 55.5 Å². The number of halogens is 2. The van der Waals surface area contributed by atoms with Crippen LogP contribution in [0.25, 0.3) is 0 Å². The van der Waals surface area contributed by atoms with Crippen LogP contribution >= 0.6 is 23.2 Å². The van der Waals surface area contributed by atoms with Crippen LogP contribution < -0.4 is 5.56 Å². The van der Waals surface area contributed by atoms with Crippen molar-refractivity contribution in [3.05, 3.63) is 49.7 Å². The molecule has 1 N–H and O–H groups in total. The topological polar surface area (TPSA) is 90.7 Å². The number of nitrogens with zero attached hydrogens (tertiary/aromatic N) is 4. The summed E-state index contributed by atoms with van der Waals surface area (Å²) in [7, 11) is 0. The van der Waals surface area contributed by atoms with Gasteiger partial charge in [-0.2, -0.15) is 5.26 Å². The number of hydrogen-bond acceptors (Lipinski definition) is 5. The predicted molar refractivity (Wildman–Crippen MR) is 107 cm³/mol. The fraction of sp³-hybridized carbons (Fsp3) is 0.368. The zero-order valence-electron chi connectivity index (χ0n) is 15.2. The first-order valence-corrected chi connectivity index (χ1v) is 9.40. The Labute approximate surface area is 167 Å². The molecule has 1 aromatic carbocycles. The minimum atomic E-state index is -0.498. The number of azo groups is 1. The van der Waals surface area contributed by atoms with Gasteiger partial charge >= 0.3 is 0 Å². The third-order valence-electron chi connectivity index (χ3n) is 4.19. The molecule has 1 heterocycles. The minimum absolute atomic E-state index is 0.00381. The molecule has 0 saturated heterocycles. The van der Waals surface area contributed by atoms with Gasteiger partial charge in [-0.05, 0) is 25.5 Å². The maximum Gasteiger partial charge on any atom is 0.281 e. The largest absolute Gasteiger partial charge is 0.493 e. The maximum atomic E-state index is 12.8. The van der Waals surface area contributed by atoms with E-state index in [0.29, 0.717) is 23.7 Å². The van der Waals surface area contributed by atoms with Crippen molar-refractivity contribution in [1.29, 1.82) is 5.26 Å². The molecule has 1 aromatic heterocycles. The summed E-state index contributed by atoms with van der Waals surface area (Å²) in [6, 6.07) is 6.83. The molecule has 0 unspecified atom stereocenters. The number of hydrogen-bond donors (Lipinski definition) is 1. The zero-order chi connectivity index (χ0) is 20.0. The Kier molecular flexibility index (Phi) is 7.40. The van der Waals surface area contributed by atoms with Crippen molar-refractivity contribution in [2.75, 3.05) is 0 Å². The van der Waals surface area contributed by atoms with Gasteiger partial charge in [0.25, 0.3) is 5.56 Å². The standard InChI is InChI=1S/C19H20Cl2N4O2/c1-3-4-5-6-10-25-18(26)13(11-22)12(2)17(19(25)27)24-23-15-9-7-8-14(20)16(15)21/h7-9,26H,3-6,10H2,1-2H3. The molecule has 27 heavy (non-hydrogen) atoms. The summed E-state index contributed by atoms with van der Waals surface area (Å²) < 4.78 is 1.18. The van der Waals surface area contributed by atoms with Crippen molar-refractivity contribution >= 4 is 34.6 Å². The maximum absolute atomic E-state index is 12.8. The molecule has 0 fully saturated rings. The Bertz CT molecular complexity index is 962. The quantitative estimate of drug-likeness (QED) is 0.448. The Morgan fingerprint density at radius 2 is 1.96 bits per heavy atom. The lowest BCUT2D eigenvalue weighted by atomic mass is 10.1. The van der Waals surface area contributed by atoms with Crippen LogP contribution in [0.5, 0.6) is 5.88 Å². The van der Waals surface area contributed by atoms with E-state index < -0.39 is 5.56 Å². The van der Waals surface area contributed by atoms with E-state index in [0.717, 1.165) is 19.3 Å². The first-order valence-electron chi connectivity index (χ1n) is 8.64. The summed E-state index contributed by atoms with van der Waals surface area (Å²) in [5.41, 5.74) is 0.0882. The first kappa shape index (κ1) is 20.9. The minimum Gasteiger partial charge on any atom is -0.493 e. The van der Waals surface area contributed by atoms with Gasteiger partial charge in [0.15, 0.2) is 5.69 Å². The Morgan fingerprint density at radius 3 is 2.63 bits per heavy atom. The predicted octanol–water partition coefficient (Wildman–Crippen LogP) is 6.04. The average molecular weight is 407 g/mol. The van der Waals surface area contributed by atoms with Crippen molar-refractivity contribution in [3.63, 3.8) is 0 Å². The lowest BCUT2D eigenvalue weighted by Crippen LogP contribution is -2.22. The van der Waals surface area contributed by atoms with E-state index in [1.54, 1.807) is 25.1 Å². The van der Waals surface area contributed by atoms with Crippen LogP contribution in [0.4, 0.5) is 11.4 Å². The molecule has 2 rings (SSSR count). The SMILES string of the molecule is CCCCCCn1c(O)c(C#N)c(C)c(N=Nc2cccc(Cl)c2Cl)c1=O. The van der Waals surface area contributed by atoms with Crippen LogP contribution in [0.15, 0.2) is 33.2 Å². The highest BCUT2D eigenvalue weighted by atomic mass is 35.5. The molecule has 0 atom stereocenters. The number of rotatable bonds is 7. The number of aromatic nitrogens is 1. The number of benzene rings is 1. The molecule has 0 amide bonds. The molecule has 0 bridgehead atoms. The van der Waals surface area contributed by atoms with Crippen LogP contribution in [0.2, 0.25) is 10.0 Å². The molecular formula is C19H20Cl2N4O2. The van der Waals surface area contributed by atoms with Gasteiger partial charge in [0.05, 0.1) is 10.0 Å². The van der Waals surface area contributed by atoms with Crippen LogP contribution in [0.1, 0.15) is 43.7 Å². The van der Waals surface area contributed by atoms with Gasteiger partial charge < -0.3 is 5.11 Å². The van der Waals surface area contributed by atoms with Crippen LogP contribution in [-0.4, -0.2) is 9.67 Å². The molecule has 0 aliphatic heterocycles. The fourth-order valence-electron chi connectivity index (χ4n) is 2.63. The number of nitriles is 1. The molecule has 0 spiro atoms. The summed E-state index contributed by atoms with van der Waals surface area (Å²) in [6.45, 7) is 3.94. The summed E-state index contributed by atoms with van der Waals surface area (Å²) in [4.78, 5) is 12.8. The molecule has 0 aliphatic carbocycles. The molecular weight excluding hydrogens is 387 g/mol. The van der Waals surface area contributed by atoms with Crippen molar-refractivity contribution in [3.8, 4) is 11.9 Å². The van der Waals surface area contributed by atoms with E-state index in [1.807, 2.05) is 6.07 Å². The number of pyridine rings is 1. The van der Waals surface area contributed by atoms with Gasteiger partial charge in [0.1, 0.15) is 17.3 Å². The lowest BCUT2D eigenvalue weighted by Gasteiger charge is -2.12. The third-order valence-corrected chi connectivity index (χ3v) is 5.00. The summed E-state index contributed by atoms with van der Waals surface area (Å²) >= 11 is 12.1. The van der Waals surface area contributed by atoms with Crippen molar-refractivity contribution in [2.24, 2.45) is 10.2 Å². The second-order valence-electron chi connectivity index (χ2n) is 6.07. The molecule has 6 nitrogen and oxygen atoms in total. The summed E-state index contributed by atoms with van der Waals surface area (Å²) in [5.74, 6) is -0.337. The van der Waals surface area contributed by atoms with E-state index >= 15 is 0 Å². The van der Waals surface area contributed by atoms with Gasteiger partial charge in [-0.15, -0.1) is 10.2 Å². The normalized spacial score (nSPS) is 11.1.